The van der Waals surface area contributed by atoms with Gasteiger partial charge in [0.25, 0.3) is 5.91 Å². The van der Waals surface area contributed by atoms with Crippen LogP contribution in [0.3, 0.4) is 0 Å². The van der Waals surface area contributed by atoms with Gasteiger partial charge in [-0.3, -0.25) is 14.5 Å². The van der Waals surface area contributed by atoms with Crippen LogP contribution in [0.1, 0.15) is 25.8 Å². The van der Waals surface area contributed by atoms with E-state index in [4.69, 9.17) is 0 Å². The number of benzene rings is 1. The predicted octanol–water partition coefficient (Wildman–Crippen LogP) is 0.673. The minimum Gasteiger partial charge on any atom is -0.394 e. The second-order valence-electron chi connectivity index (χ2n) is 6.53. The molecule has 7 heteroatoms. The first-order valence-corrected chi connectivity index (χ1v) is 8.48. The van der Waals surface area contributed by atoms with Crippen LogP contribution in [0.25, 0.3) is 0 Å². The number of urea groups is 1. The van der Waals surface area contributed by atoms with Crippen LogP contribution in [0.15, 0.2) is 30.3 Å². The fraction of sp³-hybridized carbons (Fsp3) is 0.500. The van der Waals surface area contributed by atoms with E-state index in [1.807, 2.05) is 44.2 Å². The molecule has 25 heavy (non-hydrogen) atoms. The van der Waals surface area contributed by atoms with E-state index < -0.39 is 12.1 Å². The second-order valence-corrected chi connectivity index (χ2v) is 6.53. The van der Waals surface area contributed by atoms with Crippen molar-refractivity contribution in [2.45, 2.75) is 38.8 Å². The summed E-state index contributed by atoms with van der Waals surface area (Å²) < 4.78 is 0. The minimum atomic E-state index is -0.852. The number of carbonyl (C=O) groups is 3. The van der Waals surface area contributed by atoms with Gasteiger partial charge < -0.3 is 15.7 Å². The van der Waals surface area contributed by atoms with E-state index in [1.165, 1.54) is 0 Å². The van der Waals surface area contributed by atoms with Gasteiger partial charge >= 0.3 is 6.03 Å². The lowest BCUT2D eigenvalue weighted by Crippen LogP contribution is -2.44. The van der Waals surface area contributed by atoms with E-state index >= 15 is 0 Å². The first-order valence-electron chi connectivity index (χ1n) is 8.48. The standard InChI is InChI=1S/C18H25N3O4/c1-12(2)15(11-22)19-16(23)10-14-17(24)21(18(25)20-14)9-8-13-6-4-3-5-7-13/h3-7,12,14-15,22H,8-11H2,1-2H3,(H,19,23)(H,20,25)/t14-,15-/m0/s1. The van der Waals surface area contributed by atoms with Gasteiger partial charge in [-0.2, -0.15) is 0 Å². The lowest BCUT2D eigenvalue weighted by atomic mass is 10.0. The van der Waals surface area contributed by atoms with Crippen LogP contribution >= 0.6 is 0 Å². The number of carbonyl (C=O) groups excluding carboxylic acids is 3. The molecule has 0 unspecified atom stereocenters. The molecular weight excluding hydrogens is 322 g/mol. The second kappa shape index (κ2) is 8.62. The molecule has 1 fully saturated rings. The van der Waals surface area contributed by atoms with Gasteiger partial charge in [0, 0.05) is 6.54 Å². The van der Waals surface area contributed by atoms with Crippen LogP contribution in [0.5, 0.6) is 0 Å². The Hall–Kier alpha value is -2.41. The molecule has 3 N–H and O–H groups in total. The van der Waals surface area contributed by atoms with Crippen LogP contribution in [0.2, 0.25) is 0 Å². The van der Waals surface area contributed by atoms with E-state index in [1.54, 1.807) is 0 Å². The Bertz CT molecular complexity index is 618. The Kier molecular flexibility index (Phi) is 6.52. The normalized spacial score (nSPS) is 18.4. The monoisotopic (exact) mass is 347 g/mol. The molecule has 0 radical (unpaired) electrons. The molecule has 7 nitrogen and oxygen atoms in total. The first-order chi connectivity index (χ1) is 11.9. The molecule has 2 rings (SSSR count). The number of nitrogens with one attached hydrogen (secondary N) is 2. The fourth-order valence-electron chi connectivity index (χ4n) is 2.69. The van der Waals surface area contributed by atoms with Crippen LogP contribution in [-0.2, 0) is 16.0 Å². The molecule has 1 aliphatic heterocycles. The molecule has 1 aliphatic rings. The smallest absolute Gasteiger partial charge is 0.324 e. The molecule has 4 amide bonds. The third kappa shape index (κ3) is 5.03. The van der Waals surface area contributed by atoms with E-state index in [9.17, 15) is 19.5 Å². The van der Waals surface area contributed by atoms with Gasteiger partial charge in [0.1, 0.15) is 6.04 Å². The van der Waals surface area contributed by atoms with Crippen molar-refractivity contribution in [1.29, 1.82) is 0 Å². The molecular formula is C18H25N3O4. The maximum atomic E-state index is 12.4. The quantitative estimate of drug-likeness (QED) is 0.602. The molecule has 1 saturated heterocycles. The highest BCUT2D eigenvalue weighted by Crippen LogP contribution is 2.12. The lowest BCUT2D eigenvalue weighted by molar-refractivity contribution is -0.131. The van der Waals surface area contributed by atoms with Gasteiger partial charge in [-0.1, -0.05) is 44.2 Å². The first kappa shape index (κ1) is 18.9. The Morgan fingerprint density at radius 3 is 2.56 bits per heavy atom. The number of imide groups is 1. The summed E-state index contributed by atoms with van der Waals surface area (Å²) in [5.74, 6) is -0.678. The van der Waals surface area contributed by atoms with E-state index in [-0.39, 0.29) is 43.3 Å². The van der Waals surface area contributed by atoms with Crippen LogP contribution in [0, 0.1) is 5.92 Å². The number of amides is 4. The molecule has 136 valence electrons. The fourth-order valence-corrected chi connectivity index (χ4v) is 2.69. The molecule has 1 aromatic carbocycles. The van der Waals surface area contributed by atoms with Gasteiger partial charge in [0.2, 0.25) is 5.91 Å². The predicted molar refractivity (Wildman–Crippen MR) is 92.7 cm³/mol. The summed E-state index contributed by atoms with van der Waals surface area (Å²) in [6.07, 6.45) is 0.439. The summed E-state index contributed by atoms with van der Waals surface area (Å²) in [4.78, 5) is 37.6. The maximum absolute atomic E-state index is 12.4. The van der Waals surface area contributed by atoms with Gasteiger partial charge in [0.05, 0.1) is 19.1 Å². The topological polar surface area (TPSA) is 98.7 Å². The molecule has 0 saturated carbocycles. The highest BCUT2D eigenvalue weighted by Gasteiger charge is 2.38. The van der Waals surface area contributed by atoms with Gasteiger partial charge in [0.15, 0.2) is 0 Å². The third-order valence-electron chi connectivity index (χ3n) is 4.31. The van der Waals surface area contributed by atoms with Gasteiger partial charge in [-0.25, -0.2) is 4.79 Å². The van der Waals surface area contributed by atoms with Crippen molar-refractivity contribution in [3.63, 3.8) is 0 Å². The lowest BCUT2D eigenvalue weighted by Gasteiger charge is -2.20. The summed E-state index contributed by atoms with van der Waals surface area (Å²) in [6.45, 7) is 3.87. The largest absolute Gasteiger partial charge is 0.394 e. The Morgan fingerprint density at radius 1 is 1.28 bits per heavy atom. The summed E-state index contributed by atoms with van der Waals surface area (Å²) in [5, 5.41) is 14.5. The zero-order valence-electron chi connectivity index (χ0n) is 14.6. The summed E-state index contributed by atoms with van der Waals surface area (Å²) in [5.41, 5.74) is 1.03. The summed E-state index contributed by atoms with van der Waals surface area (Å²) in [6, 6.07) is 7.89. The van der Waals surface area contributed by atoms with Crippen LogP contribution < -0.4 is 10.6 Å². The van der Waals surface area contributed by atoms with Crippen molar-refractivity contribution in [1.82, 2.24) is 15.5 Å². The Balaban J connectivity index is 1.88. The van der Waals surface area contributed by atoms with E-state index in [0.29, 0.717) is 6.42 Å². The van der Waals surface area contributed by atoms with Crippen molar-refractivity contribution in [3.05, 3.63) is 35.9 Å². The average Bonchev–Trinajstić information content (AvgIpc) is 2.85. The molecule has 0 aliphatic carbocycles. The Morgan fingerprint density at radius 2 is 1.96 bits per heavy atom. The van der Waals surface area contributed by atoms with E-state index in [2.05, 4.69) is 10.6 Å². The highest BCUT2D eigenvalue weighted by molar-refractivity contribution is 6.05. The molecule has 0 aromatic heterocycles. The molecule has 1 aromatic rings. The number of aliphatic hydroxyl groups is 1. The van der Waals surface area contributed by atoms with Crippen molar-refractivity contribution in [2.75, 3.05) is 13.2 Å². The summed E-state index contributed by atoms with van der Waals surface area (Å²) in [7, 11) is 0. The van der Waals surface area contributed by atoms with Crippen LogP contribution in [0.4, 0.5) is 4.79 Å². The molecule has 0 bridgehead atoms. The number of hydrogen-bond acceptors (Lipinski definition) is 4. The van der Waals surface area contributed by atoms with Crippen molar-refractivity contribution < 1.29 is 19.5 Å². The van der Waals surface area contributed by atoms with Crippen molar-refractivity contribution in [3.8, 4) is 0 Å². The third-order valence-corrected chi connectivity index (χ3v) is 4.31. The van der Waals surface area contributed by atoms with Crippen LogP contribution in [-0.4, -0.2) is 53.1 Å². The molecule has 2 atom stereocenters. The highest BCUT2D eigenvalue weighted by atomic mass is 16.3. The number of aliphatic hydroxyl groups excluding tert-OH is 1. The number of hydrogen-bond donors (Lipinski definition) is 3. The summed E-state index contributed by atoms with van der Waals surface area (Å²) >= 11 is 0. The zero-order valence-corrected chi connectivity index (χ0v) is 14.6. The SMILES string of the molecule is CC(C)[C@H](CO)NC(=O)C[C@@H]1NC(=O)N(CCc2ccccc2)C1=O. The van der Waals surface area contributed by atoms with Gasteiger partial charge in [-0.15, -0.1) is 0 Å². The molecule has 0 spiro atoms. The van der Waals surface area contributed by atoms with Crippen molar-refractivity contribution >= 4 is 17.8 Å². The number of rotatable bonds is 8. The minimum absolute atomic E-state index is 0.0743. The van der Waals surface area contributed by atoms with Crippen molar-refractivity contribution in [2.24, 2.45) is 5.92 Å². The molecule has 1 heterocycles. The zero-order chi connectivity index (χ0) is 18.4. The average molecular weight is 347 g/mol. The van der Waals surface area contributed by atoms with E-state index in [0.717, 1.165) is 10.5 Å². The number of nitrogens with zero attached hydrogens (tertiary/aromatic N) is 1. The maximum Gasteiger partial charge on any atom is 0.324 e. The van der Waals surface area contributed by atoms with Gasteiger partial charge in [-0.05, 0) is 17.9 Å². The Labute approximate surface area is 147 Å².